The number of benzene rings is 1. The molecule has 1 fully saturated rings. The Labute approximate surface area is 160 Å². The summed E-state index contributed by atoms with van der Waals surface area (Å²) in [6, 6.07) is 3.04. The number of hydrogen-bond donors (Lipinski definition) is 0. The van der Waals surface area contributed by atoms with Crippen LogP contribution in [0.3, 0.4) is 0 Å². The summed E-state index contributed by atoms with van der Waals surface area (Å²) < 4.78 is 26.8. The van der Waals surface area contributed by atoms with E-state index in [1.807, 2.05) is 0 Å². The summed E-state index contributed by atoms with van der Waals surface area (Å²) in [6.07, 6.45) is 6.33. The predicted octanol–water partition coefficient (Wildman–Crippen LogP) is 3.59. The van der Waals surface area contributed by atoms with Gasteiger partial charge >= 0.3 is 5.97 Å². The van der Waals surface area contributed by atoms with E-state index >= 15 is 0 Å². The van der Waals surface area contributed by atoms with Crippen molar-refractivity contribution >= 4 is 11.8 Å². The number of esters is 1. The number of imidazole rings is 1. The van der Waals surface area contributed by atoms with E-state index in [4.69, 9.17) is 9.26 Å². The lowest BCUT2D eigenvalue weighted by Crippen LogP contribution is -2.15. The van der Waals surface area contributed by atoms with Crippen LogP contribution < -0.4 is 0 Å². The van der Waals surface area contributed by atoms with E-state index in [2.05, 4.69) is 10.1 Å². The van der Waals surface area contributed by atoms with Crippen LogP contribution in [0.1, 0.15) is 63.4 Å². The van der Waals surface area contributed by atoms with Gasteiger partial charge in [0.25, 0.3) is 0 Å². The summed E-state index contributed by atoms with van der Waals surface area (Å²) in [5, 5.41) is 3.78. The van der Waals surface area contributed by atoms with Gasteiger partial charge < -0.3 is 13.8 Å². The van der Waals surface area contributed by atoms with Gasteiger partial charge in [0.05, 0.1) is 18.6 Å². The molecule has 0 N–H and O–H groups in total. The normalized spacial score (nSPS) is 13.5. The number of aromatic nitrogens is 3. The zero-order valence-corrected chi connectivity index (χ0v) is 15.4. The van der Waals surface area contributed by atoms with E-state index < -0.39 is 17.6 Å². The summed E-state index contributed by atoms with van der Waals surface area (Å²) in [7, 11) is 0. The number of carbonyl (C=O) groups excluding carboxylic acids is 2. The Balaban J connectivity index is 1.79. The lowest BCUT2D eigenvalue weighted by molar-refractivity contribution is 0.0512. The molecule has 2 aromatic heterocycles. The maximum Gasteiger partial charge on any atom is 0.361 e. The molecular weight excluding hydrogens is 365 g/mol. The minimum atomic E-state index is -0.727. The molecule has 1 aliphatic rings. The van der Waals surface area contributed by atoms with Gasteiger partial charge in [-0.05, 0) is 44.4 Å². The third-order valence-electron chi connectivity index (χ3n) is 4.76. The van der Waals surface area contributed by atoms with E-state index in [0.29, 0.717) is 5.76 Å². The Bertz CT molecular complexity index is 1050. The van der Waals surface area contributed by atoms with Gasteiger partial charge in [0.2, 0.25) is 5.69 Å². The van der Waals surface area contributed by atoms with Gasteiger partial charge in [0.15, 0.2) is 17.4 Å². The van der Waals surface area contributed by atoms with Crippen LogP contribution in [0.5, 0.6) is 0 Å². The molecule has 3 aromatic rings. The first-order valence-electron chi connectivity index (χ1n) is 9.01. The molecule has 1 saturated carbocycles. The molecule has 2 heterocycles. The molecule has 7 nitrogen and oxygen atoms in total. The average molecular weight is 383 g/mol. The van der Waals surface area contributed by atoms with Crippen molar-refractivity contribution in [2.24, 2.45) is 0 Å². The molecule has 0 bridgehead atoms. The van der Waals surface area contributed by atoms with Crippen molar-refractivity contribution in [1.82, 2.24) is 14.7 Å². The fourth-order valence-electron chi connectivity index (χ4n) is 3.14. The monoisotopic (exact) mass is 383 g/mol. The number of rotatable bonds is 6. The van der Waals surface area contributed by atoms with Crippen molar-refractivity contribution in [3.05, 3.63) is 64.8 Å². The van der Waals surface area contributed by atoms with Crippen LogP contribution in [-0.4, -0.2) is 33.1 Å². The van der Waals surface area contributed by atoms with Crippen LogP contribution in [0.15, 0.2) is 35.4 Å². The quantitative estimate of drug-likeness (QED) is 0.477. The molecule has 0 aliphatic heterocycles. The van der Waals surface area contributed by atoms with Gasteiger partial charge in [-0.3, -0.25) is 4.79 Å². The Hall–Kier alpha value is -3.29. The highest BCUT2D eigenvalue weighted by atomic mass is 19.1. The third kappa shape index (κ3) is 3.00. The number of halogens is 1. The number of hydrogen-bond acceptors (Lipinski definition) is 6. The van der Waals surface area contributed by atoms with Crippen LogP contribution in [-0.2, 0) is 4.74 Å². The first-order valence-corrected chi connectivity index (χ1v) is 9.01. The molecule has 0 unspecified atom stereocenters. The molecule has 0 spiro atoms. The Morgan fingerprint density at radius 2 is 2.14 bits per heavy atom. The van der Waals surface area contributed by atoms with Gasteiger partial charge in [-0.15, -0.1) is 0 Å². The summed E-state index contributed by atoms with van der Waals surface area (Å²) >= 11 is 0. The Kier molecular flexibility index (Phi) is 4.54. The van der Waals surface area contributed by atoms with Crippen LogP contribution >= 0.6 is 0 Å². The van der Waals surface area contributed by atoms with E-state index in [0.717, 1.165) is 12.8 Å². The van der Waals surface area contributed by atoms with Crippen LogP contribution in [0, 0.1) is 12.7 Å². The molecule has 0 saturated heterocycles. The van der Waals surface area contributed by atoms with Gasteiger partial charge in [-0.25, -0.2) is 14.2 Å². The standard InChI is InChI=1S/C20H18FN3O4/c1-3-27-20(26)17-15(19(28-23-17)12-4-5-12)18(25)13-6-7-14(16(21)11(13)2)24-9-8-22-10-24/h6-10,12H,3-5H2,1-2H3. The highest BCUT2D eigenvalue weighted by Crippen LogP contribution is 2.43. The first kappa shape index (κ1) is 18.1. The van der Waals surface area contributed by atoms with Crippen molar-refractivity contribution in [3.63, 3.8) is 0 Å². The maximum absolute atomic E-state index is 14.9. The van der Waals surface area contributed by atoms with Gasteiger partial charge in [-0.2, -0.15) is 0 Å². The predicted molar refractivity (Wildman–Crippen MR) is 96.1 cm³/mol. The summed E-state index contributed by atoms with van der Waals surface area (Å²) in [5.74, 6) is -1.35. The fourth-order valence-corrected chi connectivity index (χ4v) is 3.14. The van der Waals surface area contributed by atoms with E-state index in [-0.39, 0.29) is 40.6 Å². The van der Waals surface area contributed by atoms with E-state index in [1.54, 1.807) is 19.3 Å². The van der Waals surface area contributed by atoms with Crippen LogP contribution in [0.25, 0.3) is 5.69 Å². The molecule has 4 rings (SSSR count). The summed E-state index contributed by atoms with van der Waals surface area (Å²) in [6.45, 7) is 3.33. The molecule has 1 aliphatic carbocycles. The van der Waals surface area contributed by atoms with Crippen molar-refractivity contribution < 1.29 is 23.2 Å². The second-order valence-corrected chi connectivity index (χ2v) is 6.64. The Morgan fingerprint density at radius 3 is 2.79 bits per heavy atom. The highest BCUT2D eigenvalue weighted by Gasteiger charge is 2.38. The molecule has 28 heavy (non-hydrogen) atoms. The Morgan fingerprint density at radius 1 is 1.36 bits per heavy atom. The molecule has 144 valence electrons. The summed E-state index contributed by atoms with van der Waals surface area (Å²) in [5.41, 5.74) is 0.516. The molecule has 0 radical (unpaired) electrons. The smallest absolute Gasteiger partial charge is 0.361 e. The van der Waals surface area contributed by atoms with E-state index in [1.165, 1.54) is 30.0 Å². The van der Waals surface area contributed by atoms with Crippen molar-refractivity contribution in [1.29, 1.82) is 0 Å². The van der Waals surface area contributed by atoms with Crippen molar-refractivity contribution in [2.75, 3.05) is 6.61 Å². The second kappa shape index (κ2) is 7.03. The zero-order chi connectivity index (χ0) is 19.8. The van der Waals surface area contributed by atoms with Gasteiger partial charge in [0.1, 0.15) is 5.56 Å². The molecule has 0 atom stereocenters. The van der Waals surface area contributed by atoms with Crippen LogP contribution in [0.4, 0.5) is 4.39 Å². The molecule has 8 heteroatoms. The lowest BCUT2D eigenvalue weighted by atomic mass is 9.95. The minimum absolute atomic E-state index is 0.0463. The largest absolute Gasteiger partial charge is 0.461 e. The van der Waals surface area contributed by atoms with Crippen molar-refractivity contribution in [2.45, 2.75) is 32.6 Å². The molecule has 1 aromatic carbocycles. The zero-order valence-electron chi connectivity index (χ0n) is 15.4. The third-order valence-corrected chi connectivity index (χ3v) is 4.76. The number of ether oxygens (including phenoxy) is 1. The SMILES string of the molecule is CCOC(=O)c1noc(C2CC2)c1C(=O)c1ccc(-n2ccnc2)c(F)c1C. The maximum atomic E-state index is 14.9. The average Bonchev–Trinajstić information content (AvgIpc) is 3.19. The number of nitrogens with zero attached hydrogens (tertiary/aromatic N) is 3. The second-order valence-electron chi connectivity index (χ2n) is 6.64. The topological polar surface area (TPSA) is 87.2 Å². The van der Waals surface area contributed by atoms with Crippen LogP contribution in [0.2, 0.25) is 0 Å². The summed E-state index contributed by atoms with van der Waals surface area (Å²) in [4.78, 5) is 29.4. The van der Waals surface area contributed by atoms with E-state index in [9.17, 15) is 14.0 Å². The van der Waals surface area contributed by atoms with Crippen molar-refractivity contribution in [3.8, 4) is 5.69 Å². The van der Waals surface area contributed by atoms with Gasteiger partial charge in [0, 0.05) is 23.9 Å². The highest BCUT2D eigenvalue weighted by molar-refractivity contribution is 6.15. The van der Waals surface area contributed by atoms with Gasteiger partial charge in [-0.1, -0.05) is 5.16 Å². The minimum Gasteiger partial charge on any atom is -0.461 e. The first-order chi connectivity index (χ1) is 13.5. The fraction of sp³-hybridized carbons (Fsp3) is 0.300. The number of ketones is 1. The molecule has 0 amide bonds. The molecular formula is C20H18FN3O4. The lowest BCUT2D eigenvalue weighted by Gasteiger charge is -2.11. The number of carbonyl (C=O) groups is 2.